The number of anilines is 1. The van der Waals surface area contributed by atoms with E-state index in [2.05, 4.69) is 14.3 Å². The van der Waals surface area contributed by atoms with Crippen LogP contribution in [0.2, 0.25) is 0 Å². The van der Waals surface area contributed by atoms with E-state index < -0.39 is 0 Å². The van der Waals surface area contributed by atoms with Gasteiger partial charge in [-0.15, -0.1) is 0 Å². The highest BCUT2D eigenvalue weighted by molar-refractivity contribution is 7.12. The van der Waals surface area contributed by atoms with Crippen molar-refractivity contribution in [1.82, 2.24) is 14.3 Å². The zero-order valence-corrected chi connectivity index (χ0v) is 5.80. The van der Waals surface area contributed by atoms with Gasteiger partial charge in [0.1, 0.15) is 17.0 Å². The zero-order valence-electron chi connectivity index (χ0n) is 4.98. The van der Waals surface area contributed by atoms with Crippen molar-refractivity contribution in [2.24, 2.45) is 0 Å². The number of nitrogens with two attached hydrogens (primary N) is 1. The molecule has 2 N–H and O–H groups in total. The van der Waals surface area contributed by atoms with Crippen molar-refractivity contribution < 1.29 is 0 Å². The van der Waals surface area contributed by atoms with E-state index in [0.717, 1.165) is 10.2 Å². The quantitative estimate of drug-likeness (QED) is 0.602. The van der Waals surface area contributed by atoms with E-state index in [9.17, 15) is 0 Å². The summed E-state index contributed by atoms with van der Waals surface area (Å²) in [6, 6.07) is 0. The van der Waals surface area contributed by atoms with Crippen LogP contribution in [0.25, 0.3) is 10.2 Å². The molecule has 2 aromatic rings. The summed E-state index contributed by atoms with van der Waals surface area (Å²) in [5.74, 6) is 0.499. The van der Waals surface area contributed by atoms with Crippen molar-refractivity contribution in [3.05, 3.63) is 12.5 Å². The minimum Gasteiger partial charge on any atom is -0.383 e. The Morgan fingerprint density at radius 3 is 3.10 bits per heavy atom. The third-order valence-corrected chi connectivity index (χ3v) is 1.91. The number of fused-ring (bicyclic) bond motifs is 1. The maximum absolute atomic E-state index is 5.52. The summed E-state index contributed by atoms with van der Waals surface area (Å²) in [5.41, 5.74) is 5.52. The largest absolute Gasteiger partial charge is 0.383 e. The van der Waals surface area contributed by atoms with E-state index in [1.54, 1.807) is 6.20 Å². The Kier molecular flexibility index (Phi) is 1.04. The lowest BCUT2D eigenvalue weighted by molar-refractivity contribution is 1.24. The second kappa shape index (κ2) is 1.88. The minimum absolute atomic E-state index is 0.499. The van der Waals surface area contributed by atoms with Gasteiger partial charge in [0.15, 0.2) is 0 Å². The third-order valence-electron chi connectivity index (χ3n) is 1.20. The summed E-state index contributed by atoms with van der Waals surface area (Å²) in [6.45, 7) is 0. The Hall–Kier alpha value is -1.23. The molecule has 0 radical (unpaired) electrons. The Balaban J connectivity index is 2.95. The highest BCUT2D eigenvalue weighted by Gasteiger charge is 1.99. The van der Waals surface area contributed by atoms with Gasteiger partial charge in [-0.3, -0.25) is 0 Å². The first-order chi connectivity index (χ1) is 4.88. The second-order valence-electron chi connectivity index (χ2n) is 1.80. The molecule has 2 aromatic heterocycles. The van der Waals surface area contributed by atoms with Crippen molar-refractivity contribution in [3.63, 3.8) is 0 Å². The number of nitrogen functional groups attached to an aromatic ring is 1. The van der Waals surface area contributed by atoms with Crippen LogP contribution in [0.1, 0.15) is 0 Å². The highest BCUT2D eigenvalue weighted by Crippen LogP contribution is 2.17. The molecule has 0 saturated heterocycles. The summed E-state index contributed by atoms with van der Waals surface area (Å²) in [6.07, 6.45) is 3.12. The van der Waals surface area contributed by atoms with Gasteiger partial charge in [0, 0.05) is 0 Å². The minimum atomic E-state index is 0.499. The highest BCUT2D eigenvalue weighted by atomic mass is 32.1. The fourth-order valence-corrected chi connectivity index (χ4v) is 1.32. The Labute approximate surface area is 60.9 Å². The Morgan fingerprint density at radius 1 is 1.40 bits per heavy atom. The summed E-state index contributed by atoms with van der Waals surface area (Å²) in [4.78, 5) is 8.62. The van der Waals surface area contributed by atoms with Crippen LogP contribution < -0.4 is 5.73 Å². The van der Waals surface area contributed by atoms with E-state index in [0.29, 0.717) is 5.82 Å². The molecule has 0 aliphatic heterocycles. The van der Waals surface area contributed by atoms with Crippen molar-refractivity contribution in [2.75, 3.05) is 5.73 Å². The van der Waals surface area contributed by atoms with Crippen LogP contribution in [0.15, 0.2) is 12.5 Å². The fraction of sp³-hybridized carbons (Fsp3) is 0. The predicted molar refractivity (Wildman–Crippen MR) is 39.6 cm³/mol. The van der Waals surface area contributed by atoms with Crippen LogP contribution in [0.5, 0.6) is 0 Å². The van der Waals surface area contributed by atoms with E-state index in [4.69, 9.17) is 5.73 Å². The fourth-order valence-electron chi connectivity index (χ4n) is 0.715. The molecular weight excluding hydrogens is 148 g/mol. The lowest BCUT2D eigenvalue weighted by Gasteiger charge is -1.88. The van der Waals surface area contributed by atoms with Crippen molar-refractivity contribution in [1.29, 1.82) is 0 Å². The number of nitrogens with zero attached hydrogens (tertiary/aromatic N) is 3. The van der Waals surface area contributed by atoms with Crippen molar-refractivity contribution in [2.45, 2.75) is 0 Å². The molecule has 5 heteroatoms. The molecule has 0 amide bonds. The van der Waals surface area contributed by atoms with Gasteiger partial charge in [0.05, 0.1) is 11.6 Å². The molecule has 0 aliphatic rings. The summed E-state index contributed by atoms with van der Waals surface area (Å²) in [7, 11) is 0. The molecule has 0 bridgehead atoms. The third kappa shape index (κ3) is 0.640. The van der Waals surface area contributed by atoms with Crippen LogP contribution in [0.4, 0.5) is 5.82 Å². The van der Waals surface area contributed by atoms with E-state index in [1.807, 2.05) is 0 Å². The van der Waals surface area contributed by atoms with Gasteiger partial charge < -0.3 is 5.73 Å². The average molecular weight is 152 g/mol. The number of hydrogen-bond acceptors (Lipinski definition) is 5. The Bertz CT molecular complexity index is 355. The molecule has 4 nitrogen and oxygen atoms in total. The van der Waals surface area contributed by atoms with E-state index in [1.165, 1.54) is 17.9 Å². The molecular formula is C5H4N4S. The first-order valence-corrected chi connectivity index (χ1v) is 3.46. The van der Waals surface area contributed by atoms with Gasteiger partial charge in [0.25, 0.3) is 0 Å². The summed E-state index contributed by atoms with van der Waals surface area (Å²) in [5, 5.41) is 0.840. The topological polar surface area (TPSA) is 64.7 Å². The number of aromatic nitrogens is 3. The van der Waals surface area contributed by atoms with Gasteiger partial charge in [-0.25, -0.2) is 9.97 Å². The molecule has 0 aliphatic carbocycles. The average Bonchev–Trinajstić information content (AvgIpc) is 2.36. The lowest BCUT2D eigenvalue weighted by atomic mass is 10.4. The van der Waals surface area contributed by atoms with Gasteiger partial charge >= 0.3 is 0 Å². The lowest BCUT2D eigenvalue weighted by Crippen LogP contribution is -1.89. The molecule has 0 atom stereocenters. The SMILES string of the molecule is Nc1ncnc2sncc12. The van der Waals surface area contributed by atoms with Crippen LogP contribution >= 0.6 is 11.5 Å². The Morgan fingerprint density at radius 2 is 2.30 bits per heavy atom. The van der Waals surface area contributed by atoms with Gasteiger partial charge in [-0.2, -0.15) is 4.37 Å². The molecule has 10 heavy (non-hydrogen) atoms. The standard InChI is InChI=1S/C5H4N4S/c6-4-3-1-9-10-5(3)8-2-7-4/h1-2H,(H2,6,7,8). The zero-order chi connectivity index (χ0) is 6.97. The molecule has 2 rings (SSSR count). The maximum Gasteiger partial charge on any atom is 0.148 e. The molecule has 0 aromatic carbocycles. The van der Waals surface area contributed by atoms with Crippen LogP contribution in [-0.4, -0.2) is 14.3 Å². The number of rotatable bonds is 0. The van der Waals surface area contributed by atoms with Crippen LogP contribution in [-0.2, 0) is 0 Å². The van der Waals surface area contributed by atoms with Gasteiger partial charge in [0.2, 0.25) is 0 Å². The molecule has 0 fully saturated rings. The molecule has 0 saturated carbocycles. The monoisotopic (exact) mass is 152 g/mol. The van der Waals surface area contributed by atoms with Gasteiger partial charge in [-0.1, -0.05) is 0 Å². The summed E-state index contributed by atoms with van der Waals surface area (Å²) >= 11 is 1.32. The summed E-state index contributed by atoms with van der Waals surface area (Å²) < 4.78 is 3.92. The predicted octanol–water partition coefficient (Wildman–Crippen LogP) is 0.668. The molecule has 2 heterocycles. The van der Waals surface area contributed by atoms with Gasteiger partial charge in [-0.05, 0) is 11.5 Å². The van der Waals surface area contributed by atoms with Crippen LogP contribution in [0, 0.1) is 0 Å². The first-order valence-electron chi connectivity index (χ1n) is 2.69. The van der Waals surface area contributed by atoms with Crippen LogP contribution in [0.3, 0.4) is 0 Å². The second-order valence-corrected chi connectivity index (χ2v) is 2.58. The molecule has 0 unspecified atom stereocenters. The normalized spacial score (nSPS) is 10.4. The maximum atomic E-state index is 5.52. The molecule has 0 spiro atoms. The van der Waals surface area contributed by atoms with Crippen molar-refractivity contribution in [3.8, 4) is 0 Å². The first kappa shape index (κ1) is 5.55. The molecule has 50 valence electrons. The van der Waals surface area contributed by atoms with E-state index >= 15 is 0 Å². The van der Waals surface area contributed by atoms with E-state index in [-0.39, 0.29) is 0 Å². The number of hydrogen-bond donors (Lipinski definition) is 1. The van der Waals surface area contributed by atoms with Crippen molar-refractivity contribution >= 4 is 27.6 Å². The smallest absolute Gasteiger partial charge is 0.148 e.